The summed E-state index contributed by atoms with van der Waals surface area (Å²) in [6.45, 7) is 4.20. The number of aromatic carboxylic acids is 1. The van der Waals surface area contributed by atoms with Crippen LogP contribution in [-0.2, 0) is 6.61 Å². The average Bonchev–Trinajstić information content (AvgIpc) is 2.88. The Labute approximate surface area is 121 Å². The number of rotatable bonds is 7. The second kappa shape index (κ2) is 6.74. The standard InChI is InChI=1S/C14H16N2O5/c1-3-6-19-10-4-5-11(14(17)18)12(7-10)20-8-13-16-15-9(2)21-13/h4-5,7H,3,6,8H2,1-2H3,(H,17,18). The van der Waals surface area contributed by atoms with E-state index in [0.717, 1.165) is 6.42 Å². The molecule has 0 aliphatic heterocycles. The molecule has 2 aromatic rings. The number of aromatic nitrogens is 2. The maximum absolute atomic E-state index is 11.2. The van der Waals surface area contributed by atoms with Crippen molar-refractivity contribution in [3.8, 4) is 11.5 Å². The normalized spacial score (nSPS) is 10.4. The molecule has 7 heteroatoms. The molecule has 1 aromatic heterocycles. The molecule has 0 saturated heterocycles. The molecule has 112 valence electrons. The van der Waals surface area contributed by atoms with Crippen LogP contribution >= 0.6 is 0 Å². The molecular weight excluding hydrogens is 276 g/mol. The first-order chi connectivity index (χ1) is 10.1. The molecule has 7 nitrogen and oxygen atoms in total. The van der Waals surface area contributed by atoms with Crippen LogP contribution < -0.4 is 9.47 Å². The molecule has 0 radical (unpaired) electrons. The van der Waals surface area contributed by atoms with Crippen LogP contribution in [0.1, 0.15) is 35.5 Å². The molecule has 0 unspecified atom stereocenters. The SMILES string of the molecule is CCCOc1ccc(C(=O)O)c(OCc2nnc(C)o2)c1. The van der Waals surface area contributed by atoms with E-state index < -0.39 is 5.97 Å². The highest BCUT2D eigenvalue weighted by Gasteiger charge is 2.14. The van der Waals surface area contributed by atoms with Crippen LogP contribution in [-0.4, -0.2) is 27.9 Å². The Kier molecular flexibility index (Phi) is 4.76. The number of benzene rings is 1. The average molecular weight is 292 g/mol. The van der Waals surface area contributed by atoms with Crippen molar-refractivity contribution in [1.82, 2.24) is 10.2 Å². The molecule has 0 spiro atoms. The molecule has 0 saturated carbocycles. The molecule has 1 aromatic carbocycles. The third kappa shape index (κ3) is 3.95. The molecule has 0 bridgehead atoms. The van der Waals surface area contributed by atoms with Crippen molar-refractivity contribution in [3.05, 3.63) is 35.5 Å². The van der Waals surface area contributed by atoms with Crippen LogP contribution in [0.25, 0.3) is 0 Å². The minimum atomic E-state index is -1.08. The lowest BCUT2D eigenvalue weighted by Crippen LogP contribution is -2.05. The first kappa shape index (κ1) is 14.8. The van der Waals surface area contributed by atoms with E-state index in [1.807, 2.05) is 6.92 Å². The van der Waals surface area contributed by atoms with Gasteiger partial charge in [0.1, 0.15) is 17.1 Å². The van der Waals surface area contributed by atoms with Gasteiger partial charge in [-0.15, -0.1) is 10.2 Å². The highest BCUT2D eigenvalue weighted by atomic mass is 16.5. The lowest BCUT2D eigenvalue weighted by molar-refractivity contribution is 0.0691. The molecule has 0 aliphatic rings. The Morgan fingerprint density at radius 2 is 2.14 bits per heavy atom. The zero-order chi connectivity index (χ0) is 15.2. The molecule has 1 heterocycles. The van der Waals surface area contributed by atoms with Crippen molar-refractivity contribution in [1.29, 1.82) is 0 Å². The van der Waals surface area contributed by atoms with Gasteiger partial charge in [-0.25, -0.2) is 4.79 Å². The van der Waals surface area contributed by atoms with Crippen LogP contribution in [0.2, 0.25) is 0 Å². The summed E-state index contributed by atoms with van der Waals surface area (Å²) in [6, 6.07) is 4.59. The Hall–Kier alpha value is -2.57. The number of carboxylic acids is 1. The number of nitrogens with zero attached hydrogens (tertiary/aromatic N) is 2. The summed E-state index contributed by atoms with van der Waals surface area (Å²) in [5, 5.41) is 16.6. The quantitative estimate of drug-likeness (QED) is 0.837. The number of carbonyl (C=O) groups is 1. The zero-order valence-electron chi connectivity index (χ0n) is 11.8. The van der Waals surface area contributed by atoms with Gasteiger partial charge in [0.2, 0.25) is 5.89 Å². The van der Waals surface area contributed by atoms with E-state index in [1.165, 1.54) is 6.07 Å². The lowest BCUT2D eigenvalue weighted by atomic mass is 10.2. The second-order valence-electron chi connectivity index (χ2n) is 4.32. The van der Waals surface area contributed by atoms with E-state index in [0.29, 0.717) is 18.2 Å². The number of carboxylic acid groups (broad SMARTS) is 1. The zero-order valence-corrected chi connectivity index (χ0v) is 11.8. The van der Waals surface area contributed by atoms with E-state index in [-0.39, 0.29) is 23.8 Å². The second-order valence-corrected chi connectivity index (χ2v) is 4.32. The van der Waals surface area contributed by atoms with Gasteiger partial charge in [-0.2, -0.15) is 0 Å². The minimum absolute atomic E-state index is 0.00164. The summed E-state index contributed by atoms with van der Waals surface area (Å²) in [6.07, 6.45) is 0.859. The predicted molar refractivity (Wildman–Crippen MR) is 72.6 cm³/mol. The minimum Gasteiger partial charge on any atom is -0.493 e. The summed E-state index contributed by atoms with van der Waals surface area (Å²) in [5.41, 5.74) is 0.0510. The van der Waals surface area contributed by atoms with Gasteiger partial charge in [0.05, 0.1) is 6.61 Å². The van der Waals surface area contributed by atoms with Crippen molar-refractivity contribution in [3.63, 3.8) is 0 Å². The van der Waals surface area contributed by atoms with Crippen molar-refractivity contribution in [2.75, 3.05) is 6.61 Å². The van der Waals surface area contributed by atoms with Gasteiger partial charge in [-0.05, 0) is 18.6 Å². The van der Waals surface area contributed by atoms with Gasteiger partial charge < -0.3 is 19.0 Å². The number of hydrogen-bond donors (Lipinski definition) is 1. The van der Waals surface area contributed by atoms with Crippen LogP contribution in [0, 0.1) is 6.92 Å². The predicted octanol–water partition coefficient (Wildman–Crippen LogP) is 2.44. The van der Waals surface area contributed by atoms with Gasteiger partial charge in [0.25, 0.3) is 5.89 Å². The van der Waals surface area contributed by atoms with Crippen LogP contribution in [0.5, 0.6) is 11.5 Å². The Morgan fingerprint density at radius 3 is 2.76 bits per heavy atom. The maximum Gasteiger partial charge on any atom is 0.339 e. The molecule has 21 heavy (non-hydrogen) atoms. The van der Waals surface area contributed by atoms with E-state index in [9.17, 15) is 4.79 Å². The first-order valence-electron chi connectivity index (χ1n) is 6.52. The van der Waals surface area contributed by atoms with Crippen molar-refractivity contribution < 1.29 is 23.8 Å². The number of hydrogen-bond acceptors (Lipinski definition) is 6. The van der Waals surface area contributed by atoms with Gasteiger partial charge in [0, 0.05) is 13.0 Å². The fourth-order valence-electron chi connectivity index (χ4n) is 1.64. The first-order valence-corrected chi connectivity index (χ1v) is 6.52. The maximum atomic E-state index is 11.2. The Morgan fingerprint density at radius 1 is 1.33 bits per heavy atom. The third-order valence-electron chi connectivity index (χ3n) is 2.58. The third-order valence-corrected chi connectivity index (χ3v) is 2.58. The fourth-order valence-corrected chi connectivity index (χ4v) is 1.64. The molecule has 0 amide bonds. The highest BCUT2D eigenvalue weighted by Crippen LogP contribution is 2.26. The van der Waals surface area contributed by atoms with Crippen molar-refractivity contribution >= 4 is 5.97 Å². The van der Waals surface area contributed by atoms with E-state index in [2.05, 4.69) is 10.2 Å². The van der Waals surface area contributed by atoms with E-state index in [4.69, 9.17) is 19.0 Å². The van der Waals surface area contributed by atoms with E-state index in [1.54, 1.807) is 19.1 Å². The summed E-state index contributed by atoms with van der Waals surface area (Å²) in [4.78, 5) is 11.2. The number of aryl methyl sites for hydroxylation is 1. The van der Waals surface area contributed by atoms with Crippen LogP contribution in [0.3, 0.4) is 0 Å². The molecule has 2 rings (SSSR count). The lowest BCUT2D eigenvalue weighted by Gasteiger charge is -2.10. The molecule has 1 N–H and O–H groups in total. The van der Waals surface area contributed by atoms with Crippen molar-refractivity contribution in [2.24, 2.45) is 0 Å². The number of ether oxygens (including phenoxy) is 2. The smallest absolute Gasteiger partial charge is 0.339 e. The van der Waals surface area contributed by atoms with Gasteiger partial charge in [0.15, 0.2) is 6.61 Å². The summed E-state index contributed by atoms with van der Waals surface area (Å²) < 4.78 is 16.1. The molecule has 0 atom stereocenters. The van der Waals surface area contributed by atoms with Crippen molar-refractivity contribution in [2.45, 2.75) is 26.9 Å². The fraction of sp³-hybridized carbons (Fsp3) is 0.357. The summed E-state index contributed by atoms with van der Waals surface area (Å²) >= 11 is 0. The Bertz CT molecular complexity index is 624. The Balaban J connectivity index is 2.15. The van der Waals surface area contributed by atoms with Gasteiger partial charge in [-0.1, -0.05) is 6.92 Å². The van der Waals surface area contributed by atoms with E-state index >= 15 is 0 Å². The monoisotopic (exact) mass is 292 g/mol. The largest absolute Gasteiger partial charge is 0.493 e. The van der Waals surface area contributed by atoms with Gasteiger partial charge in [-0.3, -0.25) is 0 Å². The summed E-state index contributed by atoms with van der Waals surface area (Å²) in [5.74, 6) is 0.384. The van der Waals surface area contributed by atoms with Crippen LogP contribution in [0.15, 0.2) is 22.6 Å². The van der Waals surface area contributed by atoms with Crippen LogP contribution in [0.4, 0.5) is 0 Å². The summed E-state index contributed by atoms with van der Waals surface area (Å²) in [7, 11) is 0. The molecule has 0 fully saturated rings. The highest BCUT2D eigenvalue weighted by molar-refractivity contribution is 5.91. The van der Waals surface area contributed by atoms with Gasteiger partial charge >= 0.3 is 5.97 Å². The topological polar surface area (TPSA) is 94.7 Å². The molecular formula is C14H16N2O5. The molecule has 0 aliphatic carbocycles.